The first-order valence-electron chi connectivity index (χ1n) is 11.4. The van der Waals surface area contributed by atoms with Crippen LogP contribution < -0.4 is 5.32 Å². The van der Waals surface area contributed by atoms with Gasteiger partial charge in [-0.15, -0.1) is 11.3 Å². The Hall–Kier alpha value is -2.25. The van der Waals surface area contributed by atoms with E-state index in [4.69, 9.17) is 4.74 Å². The van der Waals surface area contributed by atoms with Gasteiger partial charge in [0.25, 0.3) is 5.91 Å². The Kier molecular flexibility index (Phi) is 7.35. The van der Waals surface area contributed by atoms with E-state index in [0.29, 0.717) is 23.2 Å². The SMILES string of the molecule is CCN(C(=O)C1CCCCC1)[C@@H]1CCO[C@H](c2ccc(C(=O)Nc3nccs3)cc2)C1. The molecule has 1 aromatic carbocycles. The fraction of sp³-hybridized carbons (Fsp3) is 0.542. The van der Waals surface area contributed by atoms with Crippen LogP contribution in [0.2, 0.25) is 0 Å². The van der Waals surface area contributed by atoms with E-state index < -0.39 is 0 Å². The maximum absolute atomic E-state index is 13.2. The summed E-state index contributed by atoms with van der Waals surface area (Å²) in [5.74, 6) is 0.367. The number of carbonyl (C=O) groups excluding carboxylic acids is 2. The molecular formula is C24H31N3O3S. The molecule has 166 valence electrons. The molecule has 1 N–H and O–H groups in total. The summed E-state index contributed by atoms with van der Waals surface area (Å²) in [7, 11) is 0. The molecule has 2 amide bonds. The Morgan fingerprint density at radius 2 is 1.94 bits per heavy atom. The van der Waals surface area contributed by atoms with Crippen molar-refractivity contribution in [3.05, 3.63) is 47.0 Å². The van der Waals surface area contributed by atoms with Gasteiger partial charge in [-0.2, -0.15) is 0 Å². The third kappa shape index (κ3) is 5.33. The zero-order valence-corrected chi connectivity index (χ0v) is 18.9. The van der Waals surface area contributed by atoms with Gasteiger partial charge in [-0.1, -0.05) is 31.4 Å². The number of ether oxygens (including phenoxy) is 1. The lowest BCUT2D eigenvalue weighted by Crippen LogP contribution is -2.46. The molecule has 2 aliphatic rings. The Morgan fingerprint density at radius 1 is 1.16 bits per heavy atom. The molecule has 2 fully saturated rings. The molecule has 6 nitrogen and oxygen atoms in total. The van der Waals surface area contributed by atoms with E-state index in [0.717, 1.165) is 37.8 Å². The highest BCUT2D eigenvalue weighted by atomic mass is 32.1. The van der Waals surface area contributed by atoms with E-state index in [1.807, 2.05) is 29.6 Å². The molecule has 0 bridgehead atoms. The standard InChI is InChI=1S/C24H31N3O3S/c1-2-27(23(29)19-6-4-3-5-7-19)20-12-14-30-21(16-20)17-8-10-18(11-9-17)22(28)26-24-25-13-15-31-24/h8-11,13,15,19-21H,2-7,12,14,16H2,1H3,(H,25,26,28)/t20-,21+/m1/s1. The normalized spacial score (nSPS) is 22.1. The fourth-order valence-electron chi connectivity index (χ4n) is 4.78. The van der Waals surface area contributed by atoms with Gasteiger partial charge in [0, 0.05) is 42.3 Å². The van der Waals surface area contributed by atoms with Crippen LogP contribution in [0.1, 0.15) is 73.9 Å². The minimum Gasteiger partial charge on any atom is -0.373 e. The van der Waals surface area contributed by atoms with E-state index in [9.17, 15) is 9.59 Å². The summed E-state index contributed by atoms with van der Waals surface area (Å²) in [4.78, 5) is 31.7. The first-order chi connectivity index (χ1) is 15.2. The topological polar surface area (TPSA) is 71.5 Å². The molecule has 2 atom stereocenters. The Morgan fingerprint density at radius 3 is 2.61 bits per heavy atom. The Bertz CT molecular complexity index is 863. The zero-order chi connectivity index (χ0) is 21.6. The van der Waals surface area contributed by atoms with Crippen LogP contribution in [0.15, 0.2) is 35.8 Å². The van der Waals surface area contributed by atoms with Gasteiger partial charge in [-0.3, -0.25) is 14.9 Å². The molecule has 31 heavy (non-hydrogen) atoms. The van der Waals surface area contributed by atoms with Crippen LogP contribution in [0, 0.1) is 5.92 Å². The van der Waals surface area contributed by atoms with E-state index in [2.05, 4.69) is 22.1 Å². The Balaban J connectivity index is 1.39. The monoisotopic (exact) mass is 441 g/mol. The predicted octanol–water partition coefficient (Wildman–Crippen LogP) is 5.04. The van der Waals surface area contributed by atoms with Crippen molar-refractivity contribution >= 4 is 28.3 Å². The van der Waals surface area contributed by atoms with Crippen molar-refractivity contribution in [1.29, 1.82) is 0 Å². The van der Waals surface area contributed by atoms with Crippen LogP contribution in [-0.4, -0.2) is 40.9 Å². The van der Waals surface area contributed by atoms with Crippen molar-refractivity contribution in [3.63, 3.8) is 0 Å². The van der Waals surface area contributed by atoms with Crippen LogP contribution in [0.25, 0.3) is 0 Å². The van der Waals surface area contributed by atoms with Crippen molar-refractivity contribution in [2.75, 3.05) is 18.5 Å². The Labute approximate surface area is 188 Å². The number of nitrogens with one attached hydrogen (secondary N) is 1. The average Bonchev–Trinajstić information content (AvgIpc) is 3.33. The molecule has 2 aromatic rings. The molecule has 1 aliphatic heterocycles. The third-order valence-electron chi connectivity index (χ3n) is 6.47. The van der Waals surface area contributed by atoms with Crippen molar-refractivity contribution in [2.24, 2.45) is 5.92 Å². The highest BCUT2D eigenvalue weighted by molar-refractivity contribution is 7.13. The molecule has 7 heteroatoms. The van der Waals surface area contributed by atoms with E-state index in [-0.39, 0.29) is 24.0 Å². The first kappa shape index (κ1) is 22.0. The minimum atomic E-state index is -0.167. The van der Waals surface area contributed by atoms with Crippen LogP contribution >= 0.6 is 11.3 Å². The number of thiazole rings is 1. The summed E-state index contributed by atoms with van der Waals surface area (Å²) >= 11 is 1.39. The van der Waals surface area contributed by atoms with Crippen LogP contribution in [0.5, 0.6) is 0 Å². The average molecular weight is 442 g/mol. The summed E-state index contributed by atoms with van der Waals surface area (Å²) in [6.45, 7) is 3.49. The van der Waals surface area contributed by atoms with Gasteiger partial charge in [0.05, 0.1) is 6.10 Å². The van der Waals surface area contributed by atoms with E-state index >= 15 is 0 Å². The fourth-order valence-corrected chi connectivity index (χ4v) is 5.30. The van der Waals surface area contributed by atoms with Crippen LogP contribution in [0.3, 0.4) is 0 Å². The van der Waals surface area contributed by atoms with Gasteiger partial charge < -0.3 is 9.64 Å². The minimum absolute atomic E-state index is 0.0528. The van der Waals surface area contributed by atoms with Crippen LogP contribution in [0.4, 0.5) is 5.13 Å². The smallest absolute Gasteiger partial charge is 0.257 e. The highest BCUT2D eigenvalue weighted by Gasteiger charge is 2.33. The second kappa shape index (κ2) is 10.4. The maximum Gasteiger partial charge on any atom is 0.257 e. The molecule has 0 unspecified atom stereocenters. The number of aromatic nitrogens is 1. The quantitative estimate of drug-likeness (QED) is 0.681. The molecule has 1 aliphatic carbocycles. The number of benzene rings is 1. The number of anilines is 1. The summed E-state index contributed by atoms with van der Waals surface area (Å²) in [5.41, 5.74) is 1.64. The highest BCUT2D eigenvalue weighted by Crippen LogP contribution is 2.33. The molecule has 2 heterocycles. The van der Waals surface area contributed by atoms with Gasteiger partial charge in [0.1, 0.15) is 0 Å². The second-order valence-corrected chi connectivity index (χ2v) is 9.30. The molecule has 1 saturated heterocycles. The lowest BCUT2D eigenvalue weighted by atomic mass is 9.87. The second-order valence-electron chi connectivity index (χ2n) is 8.41. The number of hydrogen-bond acceptors (Lipinski definition) is 5. The predicted molar refractivity (Wildman–Crippen MR) is 122 cm³/mol. The molecule has 0 spiro atoms. The number of amides is 2. The molecule has 1 aromatic heterocycles. The summed E-state index contributed by atoms with van der Waals surface area (Å²) in [6.07, 6.45) is 8.97. The largest absolute Gasteiger partial charge is 0.373 e. The van der Waals surface area contributed by atoms with Gasteiger partial charge in [0.2, 0.25) is 5.91 Å². The molecule has 4 rings (SSSR count). The third-order valence-corrected chi connectivity index (χ3v) is 7.16. The number of carbonyl (C=O) groups is 2. The van der Waals surface area contributed by atoms with Crippen molar-refractivity contribution in [3.8, 4) is 0 Å². The van der Waals surface area contributed by atoms with Gasteiger partial charge in [-0.05, 0) is 50.3 Å². The van der Waals surface area contributed by atoms with Crippen molar-refractivity contribution in [1.82, 2.24) is 9.88 Å². The van der Waals surface area contributed by atoms with Gasteiger partial charge in [0.15, 0.2) is 5.13 Å². The van der Waals surface area contributed by atoms with Crippen LogP contribution in [-0.2, 0) is 9.53 Å². The molecule has 1 saturated carbocycles. The number of rotatable bonds is 6. The summed E-state index contributed by atoms with van der Waals surface area (Å²) < 4.78 is 6.05. The van der Waals surface area contributed by atoms with E-state index in [1.165, 1.54) is 30.6 Å². The molecular weight excluding hydrogens is 410 g/mol. The first-order valence-corrected chi connectivity index (χ1v) is 12.3. The lowest BCUT2D eigenvalue weighted by molar-refractivity contribution is -0.142. The number of hydrogen-bond donors (Lipinski definition) is 1. The summed E-state index contributed by atoms with van der Waals surface area (Å²) in [6, 6.07) is 7.80. The maximum atomic E-state index is 13.2. The number of nitrogens with zero attached hydrogens (tertiary/aromatic N) is 2. The van der Waals surface area contributed by atoms with E-state index in [1.54, 1.807) is 6.20 Å². The van der Waals surface area contributed by atoms with Gasteiger partial charge in [-0.25, -0.2) is 4.98 Å². The zero-order valence-electron chi connectivity index (χ0n) is 18.1. The van der Waals surface area contributed by atoms with Crippen molar-refractivity contribution in [2.45, 2.75) is 64.0 Å². The lowest BCUT2D eigenvalue weighted by Gasteiger charge is -2.39. The van der Waals surface area contributed by atoms with Crippen molar-refractivity contribution < 1.29 is 14.3 Å². The molecule has 0 radical (unpaired) electrons. The van der Waals surface area contributed by atoms with Gasteiger partial charge >= 0.3 is 0 Å². The summed E-state index contributed by atoms with van der Waals surface area (Å²) in [5, 5.41) is 5.22.